The van der Waals surface area contributed by atoms with Crippen molar-refractivity contribution in [2.24, 2.45) is 0 Å². The van der Waals surface area contributed by atoms with E-state index >= 15 is 0 Å². The topological polar surface area (TPSA) is 70.3 Å². The van der Waals surface area contributed by atoms with Crippen molar-refractivity contribution >= 4 is 5.97 Å². The van der Waals surface area contributed by atoms with Crippen molar-refractivity contribution in [3.8, 4) is 6.07 Å². The van der Waals surface area contributed by atoms with Crippen LogP contribution in [0.3, 0.4) is 0 Å². The van der Waals surface area contributed by atoms with Crippen molar-refractivity contribution in [3.63, 3.8) is 0 Å². The number of nitrogens with zero attached hydrogens (tertiary/aromatic N) is 1. The van der Waals surface area contributed by atoms with Crippen molar-refractivity contribution in [2.75, 3.05) is 7.11 Å². The largest absolute Gasteiger partial charge is 0.467 e. The summed E-state index contributed by atoms with van der Waals surface area (Å²) in [7, 11) is 1.21. The molecule has 0 aliphatic heterocycles. The monoisotopic (exact) mass is 219 g/mol. The third-order valence-corrected chi connectivity index (χ3v) is 2.55. The molecule has 1 rings (SSSR count). The molecule has 0 heterocycles. The number of esters is 1. The summed E-state index contributed by atoms with van der Waals surface area (Å²) in [5.41, 5.74) is 2.55. The van der Waals surface area contributed by atoms with E-state index in [-0.39, 0.29) is 0 Å². The lowest BCUT2D eigenvalue weighted by Crippen LogP contribution is -2.14. The second-order valence-electron chi connectivity index (χ2n) is 3.55. The SMILES string of the molecule is COC(=O)C(O)c1cc(C)c(C)c(C#N)c1. The first-order chi connectivity index (χ1) is 7.51. The van der Waals surface area contributed by atoms with Crippen molar-refractivity contribution in [1.82, 2.24) is 0 Å². The summed E-state index contributed by atoms with van der Waals surface area (Å²) in [5, 5.41) is 18.5. The summed E-state index contributed by atoms with van der Waals surface area (Å²) in [6.07, 6.45) is -1.34. The molecule has 0 radical (unpaired) electrons. The number of rotatable bonds is 2. The highest BCUT2D eigenvalue weighted by molar-refractivity contribution is 5.76. The molecule has 0 spiro atoms. The molecule has 0 fully saturated rings. The van der Waals surface area contributed by atoms with Gasteiger partial charge >= 0.3 is 5.97 Å². The van der Waals surface area contributed by atoms with Gasteiger partial charge in [0.2, 0.25) is 0 Å². The first-order valence-corrected chi connectivity index (χ1v) is 4.78. The summed E-state index contributed by atoms with van der Waals surface area (Å²) in [5.74, 6) is -0.729. The second-order valence-corrected chi connectivity index (χ2v) is 3.55. The molecule has 1 unspecified atom stereocenters. The Kier molecular flexibility index (Phi) is 3.64. The zero-order valence-corrected chi connectivity index (χ0v) is 9.44. The van der Waals surface area contributed by atoms with Crippen LogP contribution in [0.5, 0.6) is 0 Å². The van der Waals surface area contributed by atoms with E-state index in [1.165, 1.54) is 13.2 Å². The third-order valence-electron chi connectivity index (χ3n) is 2.55. The number of aliphatic hydroxyl groups is 1. The van der Waals surface area contributed by atoms with Gasteiger partial charge in [0.05, 0.1) is 18.7 Å². The van der Waals surface area contributed by atoms with Crippen LogP contribution in [0.2, 0.25) is 0 Å². The molecule has 4 nitrogen and oxygen atoms in total. The Labute approximate surface area is 94.1 Å². The summed E-state index contributed by atoms with van der Waals surface area (Å²) in [6, 6.07) is 5.21. The average Bonchev–Trinajstić information content (AvgIpc) is 2.30. The normalized spacial score (nSPS) is 11.7. The molecule has 0 bridgehead atoms. The number of methoxy groups -OCH3 is 1. The van der Waals surface area contributed by atoms with Crippen LogP contribution in [0.15, 0.2) is 12.1 Å². The standard InChI is InChI=1S/C12H13NO3/c1-7-4-9(11(14)12(15)16-3)5-10(6-13)8(7)2/h4-5,11,14H,1-3H3. The summed E-state index contributed by atoms with van der Waals surface area (Å²) in [4.78, 5) is 11.2. The number of hydrogen-bond acceptors (Lipinski definition) is 4. The molecule has 1 aromatic rings. The molecule has 1 atom stereocenters. The van der Waals surface area contributed by atoms with Crippen LogP contribution in [-0.2, 0) is 9.53 Å². The number of aryl methyl sites for hydroxylation is 1. The number of benzene rings is 1. The Hall–Kier alpha value is -1.86. The van der Waals surface area contributed by atoms with Crippen LogP contribution in [0.4, 0.5) is 0 Å². The van der Waals surface area contributed by atoms with Gasteiger partial charge in [-0.25, -0.2) is 4.79 Å². The maximum Gasteiger partial charge on any atom is 0.339 e. The molecule has 0 saturated carbocycles. The first kappa shape index (κ1) is 12.2. The summed E-state index contributed by atoms with van der Waals surface area (Å²) >= 11 is 0. The highest BCUT2D eigenvalue weighted by Gasteiger charge is 2.19. The quantitative estimate of drug-likeness (QED) is 0.763. The molecule has 0 amide bonds. The molecule has 1 N–H and O–H groups in total. The van der Waals surface area contributed by atoms with Gasteiger partial charge in [-0.2, -0.15) is 5.26 Å². The number of aliphatic hydroxyl groups excluding tert-OH is 1. The third kappa shape index (κ3) is 2.20. The zero-order chi connectivity index (χ0) is 12.3. The second kappa shape index (κ2) is 4.77. The van der Waals surface area contributed by atoms with Crippen LogP contribution in [-0.4, -0.2) is 18.2 Å². The van der Waals surface area contributed by atoms with E-state index in [2.05, 4.69) is 4.74 Å². The maximum absolute atomic E-state index is 11.2. The van der Waals surface area contributed by atoms with Gasteiger partial charge in [0, 0.05) is 0 Å². The van der Waals surface area contributed by atoms with E-state index in [9.17, 15) is 9.90 Å². The smallest absolute Gasteiger partial charge is 0.339 e. The molecule has 16 heavy (non-hydrogen) atoms. The lowest BCUT2D eigenvalue weighted by molar-refractivity contribution is -0.150. The fourth-order valence-electron chi connectivity index (χ4n) is 1.41. The molecule has 84 valence electrons. The van der Waals surface area contributed by atoms with Crippen molar-refractivity contribution in [3.05, 3.63) is 34.4 Å². The zero-order valence-electron chi connectivity index (χ0n) is 9.44. The van der Waals surface area contributed by atoms with Crippen LogP contribution < -0.4 is 0 Å². The Bertz CT molecular complexity index is 460. The Morgan fingerprint density at radius 2 is 2.12 bits per heavy atom. The number of hydrogen-bond donors (Lipinski definition) is 1. The number of nitriles is 1. The minimum atomic E-state index is -1.34. The number of ether oxygens (including phenoxy) is 1. The van der Waals surface area contributed by atoms with Crippen LogP contribution in [0, 0.1) is 25.2 Å². The molecule has 0 aliphatic carbocycles. The van der Waals surface area contributed by atoms with E-state index in [1.54, 1.807) is 6.07 Å². The average molecular weight is 219 g/mol. The Morgan fingerprint density at radius 3 is 2.62 bits per heavy atom. The Morgan fingerprint density at radius 1 is 1.50 bits per heavy atom. The first-order valence-electron chi connectivity index (χ1n) is 4.78. The highest BCUT2D eigenvalue weighted by Crippen LogP contribution is 2.21. The fraction of sp³-hybridized carbons (Fsp3) is 0.333. The van der Waals surface area contributed by atoms with Gasteiger partial charge in [-0.3, -0.25) is 0 Å². The van der Waals surface area contributed by atoms with Crippen LogP contribution in [0.25, 0.3) is 0 Å². The van der Waals surface area contributed by atoms with Gasteiger partial charge in [0.1, 0.15) is 0 Å². The minimum Gasteiger partial charge on any atom is -0.467 e. The van der Waals surface area contributed by atoms with Gasteiger partial charge in [-0.05, 0) is 36.6 Å². The van der Waals surface area contributed by atoms with Crippen LogP contribution in [0.1, 0.15) is 28.4 Å². The maximum atomic E-state index is 11.2. The van der Waals surface area contributed by atoms with E-state index in [0.29, 0.717) is 11.1 Å². The molecule has 1 aromatic carbocycles. The predicted octanol–water partition coefficient (Wildman–Crippen LogP) is 1.38. The molecule has 0 aliphatic rings. The number of carbonyl (C=O) groups is 1. The summed E-state index contributed by atoms with van der Waals surface area (Å²) in [6.45, 7) is 3.64. The predicted molar refractivity (Wildman–Crippen MR) is 57.6 cm³/mol. The van der Waals surface area contributed by atoms with E-state index in [4.69, 9.17) is 5.26 Å². The Balaban J connectivity index is 3.22. The minimum absolute atomic E-state index is 0.381. The lowest BCUT2D eigenvalue weighted by atomic mass is 9.98. The van der Waals surface area contributed by atoms with Gasteiger partial charge in [0.15, 0.2) is 6.10 Å². The van der Waals surface area contributed by atoms with Gasteiger partial charge in [-0.15, -0.1) is 0 Å². The molecular formula is C12H13NO3. The van der Waals surface area contributed by atoms with Crippen molar-refractivity contribution in [2.45, 2.75) is 20.0 Å². The van der Waals surface area contributed by atoms with Crippen molar-refractivity contribution < 1.29 is 14.6 Å². The molecule has 4 heteroatoms. The van der Waals surface area contributed by atoms with Gasteiger partial charge in [-0.1, -0.05) is 6.07 Å². The van der Waals surface area contributed by atoms with Crippen molar-refractivity contribution in [1.29, 1.82) is 5.26 Å². The fourth-order valence-corrected chi connectivity index (χ4v) is 1.41. The van der Waals surface area contributed by atoms with E-state index in [0.717, 1.165) is 11.1 Å². The number of carbonyl (C=O) groups excluding carboxylic acids is 1. The summed E-state index contributed by atoms with van der Waals surface area (Å²) < 4.78 is 4.44. The van der Waals surface area contributed by atoms with Crippen LogP contribution >= 0.6 is 0 Å². The highest BCUT2D eigenvalue weighted by atomic mass is 16.5. The van der Waals surface area contributed by atoms with E-state index in [1.807, 2.05) is 19.9 Å². The molecule has 0 saturated heterocycles. The van der Waals surface area contributed by atoms with Gasteiger partial charge < -0.3 is 9.84 Å². The van der Waals surface area contributed by atoms with Gasteiger partial charge in [0.25, 0.3) is 0 Å². The van der Waals surface area contributed by atoms with E-state index < -0.39 is 12.1 Å². The molecular weight excluding hydrogens is 206 g/mol. The molecule has 0 aromatic heterocycles. The lowest BCUT2D eigenvalue weighted by Gasteiger charge is -2.11.